The van der Waals surface area contributed by atoms with Gasteiger partial charge in [-0.15, -0.1) is 0 Å². The zero-order valence-electron chi connectivity index (χ0n) is 24.6. The van der Waals surface area contributed by atoms with Crippen LogP contribution in [-0.2, 0) is 41.5 Å². The smallest absolute Gasteiger partial charge is 0.412 e. The van der Waals surface area contributed by atoms with Gasteiger partial charge in [-0.05, 0) is 84.1 Å². The van der Waals surface area contributed by atoms with Crippen molar-refractivity contribution in [3.05, 3.63) is 48.0 Å². The minimum atomic E-state index is -3.52. The van der Waals surface area contributed by atoms with Crippen molar-refractivity contribution >= 4 is 33.7 Å². The summed E-state index contributed by atoms with van der Waals surface area (Å²) in [6, 6.07) is 3.48. The van der Waals surface area contributed by atoms with E-state index in [1.165, 1.54) is 12.4 Å². The monoisotopic (exact) mass is 582 g/mol. The number of ether oxygens (including phenoxy) is 3. The van der Waals surface area contributed by atoms with Crippen molar-refractivity contribution in [1.29, 1.82) is 0 Å². The first-order valence-electron chi connectivity index (χ1n) is 12.7. The molecule has 0 spiro atoms. The van der Waals surface area contributed by atoms with Gasteiger partial charge in [0.2, 0.25) is 0 Å². The summed E-state index contributed by atoms with van der Waals surface area (Å²) in [6.07, 6.45) is 9.15. The molecule has 2 amide bonds. The molecular weight excluding hydrogens is 540 g/mol. The number of amides is 2. The van der Waals surface area contributed by atoms with Crippen molar-refractivity contribution in [3.8, 4) is 0 Å². The van der Waals surface area contributed by atoms with Gasteiger partial charge in [0, 0.05) is 26.1 Å². The van der Waals surface area contributed by atoms with Crippen molar-refractivity contribution in [2.24, 2.45) is 0 Å². The van der Waals surface area contributed by atoms with E-state index < -0.39 is 33.5 Å². The summed E-state index contributed by atoms with van der Waals surface area (Å²) in [5.74, 6) is 0. The molecule has 2 rings (SSSR count). The molecule has 0 atom stereocenters. The molecule has 0 aromatic carbocycles. The summed E-state index contributed by atoms with van der Waals surface area (Å²) in [4.78, 5) is 31.3. The highest BCUT2D eigenvalue weighted by Gasteiger charge is 2.17. The Balaban J connectivity index is 0.000000400. The fourth-order valence-corrected chi connectivity index (χ4v) is 3.27. The van der Waals surface area contributed by atoms with E-state index in [-0.39, 0.29) is 6.61 Å². The van der Waals surface area contributed by atoms with Gasteiger partial charge in [-0.25, -0.2) is 9.59 Å². The lowest BCUT2D eigenvalue weighted by Gasteiger charge is -2.19. The third-order valence-electron chi connectivity index (χ3n) is 4.38. The lowest BCUT2D eigenvalue weighted by atomic mass is 10.1. The summed E-state index contributed by atoms with van der Waals surface area (Å²) in [5.41, 5.74) is 1.56. The Bertz CT molecular complexity index is 1190. The van der Waals surface area contributed by atoms with Crippen LogP contribution in [0.5, 0.6) is 0 Å². The van der Waals surface area contributed by atoms with Crippen LogP contribution in [-0.4, -0.2) is 61.7 Å². The fraction of sp³-hybridized carbons (Fsp3) is 0.556. The number of rotatable bonds is 10. The van der Waals surface area contributed by atoms with Gasteiger partial charge in [-0.1, -0.05) is 0 Å². The Morgan fingerprint density at radius 3 is 1.73 bits per heavy atom. The molecule has 0 fully saturated rings. The number of nitrogens with one attached hydrogen (secondary N) is 2. The number of hydrogen-bond acceptors (Lipinski definition) is 10. The number of unbranched alkanes of at least 4 members (excludes halogenated alkanes) is 1. The first-order chi connectivity index (χ1) is 18.5. The predicted molar refractivity (Wildman–Crippen MR) is 153 cm³/mol. The number of pyridine rings is 2. The van der Waals surface area contributed by atoms with Crippen LogP contribution in [0.3, 0.4) is 0 Å². The molecule has 0 aliphatic rings. The van der Waals surface area contributed by atoms with E-state index in [1.807, 2.05) is 33.0 Å². The predicted octanol–water partition coefficient (Wildman–Crippen LogP) is 5.30. The molecule has 2 N–H and O–H groups in total. The minimum Gasteiger partial charge on any atom is -0.444 e. The van der Waals surface area contributed by atoms with Crippen LogP contribution in [0.2, 0.25) is 0 Å². The molecule has 2 aromatic heterocycles. The SMILES string of the molecule is CC(C)(C)OC(=O)Nc1cncc(COS(C)(=O)=O)c1.COCCCCc1cncc(NC(=O)OC(C)(C)C)c1. The van der Waals surface area contributed by atoms with Crippen LogP contribution in [0, 0.1) is 0 Å². The van der Waals surface area contributed by atoms with Crippen molar-refractivity contribution in [2.45, 2.75) is 78.6 Å². The van der Waals surface area contributed by atoms with Crippen molar-refractivity contribution in [3.63, 3.8) is 0 Å². The average Bonchev–Trinajstić information content (AvgIpc) is 2.78. The average molecular weight is 583 g/mol. The van der Waals surface area contributed by atoms with Gasteiger partial charge < -0.3 is 14.2 Å². The van der Waals surface area contributed by atoms with Gasteiger partial charge in [0.1, 0.15) is 11.2 Å². The van der Waals surface area contributed by atoms with E-state index in [2.05, 4.69) is 24.8 Å². The first kappa shape index (κ1) is 34.7. The van der Waals surface area contributed by atoms with Crippen LogP contribution >= 0.6 is 0 Å². The molecule has 0 bridgehead atoms. The lowest BCUT2D eigenvalue weighted by molar-refractivity contribution is 0.0624. The Kier molecular flexibility index (Phi) is 14.0. The van der Waals surface area contributed by atoms with E-state index in [4.69, 9.17) is 14.2 Å². The maximum atomic E-state index is 11.7. The molecule has 224 valence electrons. The molecule has 2 aromatic rings. The summed E-state index contributed by atoms with van der Waals surface area (Å²) in [5, 5.41) is 5.20. The summed E-state index contributed by atoms with van der Waals surface area (Å²) in [6.45, 7) is 11.4. The lowest BCUT2D eigenvalue weighted by Crippen LogP contribution is -2.27. The summed E-state index contributed by atoms with van der Waals surface area (Å²) < 4.78 is 41.7. The van der Waals surface area contributed by atoms with Gasteiger partial charge in [0.15, 0.2) is 0 Å². The number of aryl methyl sites for hydroxylation is 1. The number of aromatic nitrogens is 2. The van der Waals surface area contributed by atoms with E-state index in [9.17, 15) is 18.0 Å². The Morgan fingerprint density at radius 1 is 0.800 bits per heavy atom. The molecule has 0 aliphatic heterocycles. The number of methoxy groups -OCH3 is 1. The third kappa shape index (κ3) is 18.1. The van der Waals surface area contributed by atoms with Gasteiger partial charge in [-0.2, -0.15) is 8.42 Å². The standard InChI is InChI=1S/C15H24N2O3.C12H18N2O5S/c1-15(2,3)20-14(18)17-13-9-12(10-16-11-13)7-5-6-8-19-4;1-12(2,3)19-11(15)14-10-5-9(6-13-7-10)8-18-20(4,16)17/h9-11H,5-8H2,1-4H3,(H,17,18);5-7H,8H2,1-4H3,(H,14,15). The molecule has 0 unspecified atom stereocenters. The van der Waals surface area contributed by atoms with Crippen LogP contribution < -0.4 is 10.6 Å². The molecule has 0 aliphatic carbocycles. The number of carbonyl (C=O) groups is 2. The third-order valence-corrected chi connectivity index (χ3v) is 4.93. The molecule has 0 saturated carbocycles. The first-order valence-corrected chi connectivity index (χ1v) is 14.5. The molecule has 13 heteroatoms. The van der Waals surface area contributed by atoms with Gasteiger partial charge in [-0.3, -0.25) is 24.8 Å². The Labute approximate surface area is 237 Å². The maximum absolute atomic E-state index is 11.7. The molecule has 0 saturated heterocycles. The second kappa shape index (κ2) is 16.1. The van der Waals surface area contributed by atoms with Crippen molar-refractivity contribution in [2.75, 3.05) is 30.6 Å². The Hall–Kier alpha value is -3.29. The molecule has 40 heavy (non-hydrogen) atoms. The van der Waals surface area contributed by atoms with Gasteiger partial charge >= 0.3 is 12.2 Å². The minimum absolute atomic E-state index is 0.143. The number of hydrogen-bond donors (Lipinski definition) is 2. The maximum Gasteiger partial charge on any atom is 0.412 e. The number of nitrogens with zero attached hydrogens (tertiary/aromatic N) is 2. The van der Waals surface area contributed by atoms with Crippen LogP contribution in [0.1, 0.15) is 65.5 Å². The largest absolute Gasteiger partial charge is 0.444 e. The molecule has 2 heterocycles. The highest BCUT2D eigenvalue weighted by Crippen LogP contribution is 2.15. The van der Waals surface area contributed by atoms with E-state index in [1.54, 1.807) is 40.1 Å². The summed E-state index contributed by atoms with van der Waals surface area (Å²) >= 11 is 0. The topological polar surface area (TPSA) is 155 Å². The highest BCUT2D eigenvalue weighted by atomic mass is 32.2. The zero-order chi connectivity index (χ0) is 30.4. The molecule has 0 radical (unpaired) electrons. The normalized spacial score (nSPS) is 11.6. The fourth-order valence-electron chi connectivity index (χ4n) is 2.92. The van der Waals surface area contributed by atoms with Gasteiger partial charge in [0.25, 0.3) is 10.1 Å². The van der Waals surface area contributed by atoms with Crippen LogP contribution in [0.15, 0.2) is 36.9 Å². The number of anilines is 2. The number of carbonyl (C=O) groups excluding carboxylic acids is 2. The van der Waals surface area contributed by atoms with Crippen molar-refractivity contribution < 1.29 is 36.4 Å². The summed E-state index contributed by atoms with van der Waals surface area (Å²) in [7, 11) is -1.82. The zero-order valence-corrected chi connectivity index (χ0v) is 25.4. The second-order valence-electron chi connectivity index (χ2n) is 10.8. The van der Waals surface area contributed by atoms with Crippen LogP contribution in [0.25, 0.3) is 0 Å². The van der Waals surface area contributed by atoms with E-state index in [0.29, 0.717) is 16.9 Å². The van der Waals surface area contributed by atoms with Crippen molar-refractivity contribution in [1.82, 2.24) is 9.97 Å². The molecule has 12 nitrogen and oxygen atoms in total. The van der Waals surface area contributed by atoms with Gasteiger partial charge in [0.05, 0.1) is 36.6 Å². The van der Waals surface area contributed by atoms with E-state index >= 15 is 0 Å². The van der Waals surface area contributed by atoms with E-state index in [0.717, 1.165) is 37.7 Å². The quantitative estimate of drug-likeness (QED) is 0.278. The highest BCUT2D eigenvalue weighted by molar-refractivity contribution is 7.85. The Morgan fingerprint density at radius 2 is 1.27 bits per heavy atom. The van der Waals surface area contributed by atoms with Crippen LogP contribution in [0.4, 0.5) is 21.0 Å². The second-order valence-corrected chi connectivity index (χ2v) is 12.5. The molecular formula is C27H42N4O8S.